The van der Waals surface area contributed by atoms with Gasteiger partial charge in [-0.1, -0.05) is 24.3 Å². The number of aromatic nitrogens is 4. The minimum Gasteiger partial charge on any atom is -0.353 e. The summed E-state index contributed by atoms with van der Waals surface area (Å²) in [5.41, 5.74) is 8.83. The fourth-order valence-corrected chi connectivity index (χ4v) is 4.85. The smallest absolute Gasteiger partial charge is 0.116 e. The Morgan fingerprint density at radius 2 is 1.83 bits per heavy atom. The normalized spacial score (nSPS) is 11.5. The molecule has 0 unspecified atom stereocenters. The summed E-state index contributed by atoms with van der Waals surface area (Å²) < 4.78 is 0. The molecule has 4 nitrogen and oxygen atoms in total. The lowest BCUT2D eigenvalue weighted by molar-refractivity contribution is 1.12. The number of nitrogens with zero attached hydrogens (tertiary/aromatic N) is 2. The van der Waals surface area contributed by atoms with Gasteiger partial charge in [-0.05, 0) is 59.8 Å². The van der Waals surface area contributed by atoms with E-state index in [0.29, 0.717) is 0 Å². The summed E-state index contributed by atoms with van der Waals surface area (Å²) in [4.78, 5) is 9.15. The van der Waals surface area contributed by atoms with Gasteiger partial charge in [0.05, 0.1) is 11.2 Å². The maximum Gasteiger partial charge on any atom is 0.116 e. The summed E-state index contributed by atoms with van der Waals surface area (Å²) in [6.07, 6.45) is 3.75. The molecule has 0 saturated heterocycles. The summed E-state index contributed by atoms with van der Waals surface area (Å²) in [6.45, 7) is 2.11. The van der Waals surface area contributed by atoms with E-state index in [2.05, 4.69) is 87.1 Å². The number of thiophene rings is 1. The van der Waals surface area contributed by atoms with Gasteiger partial charge in [-0.3, -0.25) is 10.1 Å². The highest BCUT2D eigenvalue weighted by Gasteiger charge is 2.15. The third-order valence-electron chi connectivity index (χ3n) is 5.62. The van der Waals surface area contributed by atoms with Crippen LogP contribution in [0.3, 0.4) is 0 Å². The van der Waals surface area contributed by atoms with Crippen LogP contribution < -0.4 is 0 Å². The monoisotopic (exact) mass is 406 g/mol. The molecule has 0 amide bonds. The summed E-state index contributed by atoms with van der Waals surface area (Å²) in [6, 6.07) is 21.3. The summed E-state index contributed by atoms with van der Waals surface area (Å²) >= 11 is 1.76. The molecule has 0 bridgehead atoms. The van der Waals surface area contributed by atoms with Crippen LogP contribution in [0.1, 0.15) is 5.56 Å². The lowest BCUT2D eigenvalue weighted by Crippen LogP contribution is -1.85. The summed E-state index contributed by atoms with van der Waals surface area (Å²) in [5.74, 6) is 0. The molecule has 6 aromatic rings. The van der Waals surface area contributed by atoms with Crippen molar-refractivity contribution in [3.05, 3.63) is 84.0 Å². The number of fused-ring (bicyclic) bond motifs is 2. The third-order valence-corrected chi connectivity index (χ3v) is 6.52. The van der Waals surface area contributed by atoms with Gasteiger partial charge in [0, 0.05) is 44.7 Å². The molecule has 4 heterocycles. The molecule has 4 aromatic heterocycles. The van der Waals surface area contributed by atoms with Crippen LogP contribution in [0.25, 0.3) is 54.8 Å². The Balaban J connectivity index is 1.53. The molecule has 0 saturated carbocycles. The van der Waals surface area contributed by atoms with Crippen molar-refractivity contribution in [2.24, 2.45) is 0 Å². The number of nitrogens with one attached hydrogen (secondary N) is 2. The van der Waals surface area contributed by atoms with Gasteiger partial charge in [-0.2, -0.15) is 5.10 Å². The Hall–Kier alpha value is -3.70. The van der Waals surface area contributed by atoms with E-state index >= 15 is 0 Å². The van der Waals surface area contributed by atoms with Crippen molar-refractivity contribution in [1.82, 2.24) is 20.2 Å². The van der Waals surface area contributed by atoms with Crippen LogP contribution in [0, 0.1) is 6.92 Å². The number of pyridine rings is 1. The highest BCUT2D eigenvalue weighted by Crippen LogP contribution is 2.36. The summed E-state index contributed by atoms with van der Waals surface area (Å²) in [7, 11) is 0. The Morgan fingerprint density at radius 3 is 2.70 bits per heavy atom. The van der Waals surface area contributed by atoms with Crippen molar-refractivity contribution in [2.75, 3.05) is 0 Å². The second-order valence-corrected chi connectivity index (χ2v) is 8.40. The molecular weight excluding hydrogens is 388 g/mol. The average molecular weight is 407 g/mol. The highest BCUT2D eigenvalue weighted by molar-refractivity contribution is 7.13. The molecule has 30 heavy (non-hydrogen) atoms. The largest absolute Gasteiger partial charge is 0.353 e. The lowest BCUT2D eigenvalue weighted by Gasteiger charge is -2.05. The van der Waals surface area contributed by atoms with Crippen molar-refractivity contribution in [2.45, 2.75) is 6.92 Å². The van der Waals surface area contributed by atoms with E-state index in [-0.39, 0.29) is 0 Å². The van der Waals surface area contributed by atoms with Crippen LogP contribution in [0.5, 0.6) is 0 Å². The van der Waals surface area contributed by atoms with Crippen molar-refractivity contribution in [3.8, 4) is 33.0 Å². The zero-order valence-corrected chi connectivity index (χ0v) is 17.1. The first-order valence-electron chi connectivity index (χ1n) is 9.83. The molecule has 144 valence electrons. The van der Waals surface area contributed by atoms with Gasteiger partial charge < -0.3 is 4.98 Å². The molecule has 6 rings (SSSR count). The molecule has 0 spiro atoms. The van der Waals surface area contributed by atoms with E-state index in [1.165, 1.54) is 21.4 Å². The minimum absolute atomic E-state index is 0.932. The number of H-pyrrole nitrogens is 2. The average Bonchev–Trinajstić information content (AvgIpc) is 3.51. The first-order valence-corrected chi connectivity index (χ1v) is 10.7. The first kappa shape index (κ1) is 17.2. The lowest BCUT2D eigenvalue weighted by atomic mass is 10.0. The second kappa shape index (κ2) is 6.68. The predicted octanol–water partition coefficient (Wildman–Crippen LogP) is 6.81. The van der Waals surface area contributed by atoms with E-state index in [9.17, 15) is 0 Å². The topological polar surface area (TPSA) is 57.4 Å². The fraction of sp³-hybridized carbons (Fsp3) is 0.0400. The SMILES string of the molecule is Cc1ccncc1-c1ccc2[nH]nc(-c3cc4c(-c5cccs5)cccc4[nH]3)c2c1. The Kier molecular flexibility index (Phi) is 3.82. The van der Waals surface area contributed by atoms with E-state index in [1.54, 1.807) is 11.3 Å². The Bertz CT molecular complexity index is 1510. The Labute approximate surface area is 177 Å². The van der Waals surface area contributed by atoms with Crippen molar-refractivity contribution >= 4 is 33.1 Å². The molecule has 0 radical (unpaired) electrons. The molecular formula is C25H18N4S. The third kappa shape index (κ3) is 2.67. The predicted molar refractivity (Wildman–Crippen MR) is 125 cm³/mol. The number of aromatic amines is 2. The van der Waals surface area contributed by atoms with Crippen LogP contribution in [0.4, 0.5) is 0 Å². The zero-order chi connectivity index (χ0) is 20.1. The summed E-state index contributed by atoms with van der Waals surface area (Å²) in [5, 5.41) is 12.3. The fourth-order valence-electron chi connectivity index (χ4n) is 4.08. The number of aryl methyl sites for hydroxylation is 1. The quantitative estimate of drug-likeness (QED) is 0.339. The van der Waals surface area contributed by atoms with E-state index in [0.717, 1.165) is 38.9 Å². The zero-order valence-electron chi connectivity index (χ0n) is 16.3. The Morgan fingerprint density at radius 1 is 0.867 bits per heavy atom. The molecule has 0 aliphatic carbocycles. The van der Waals surface area contributed by atoms with Gasteiger partial charge >= 0.3 is 0 Å². The minimum atomic E-state index is 0.932. The molecule has 0 aliphatic rings. The van der Waals surface area contributed by atoms with Crippen LogP contribution in [0.15, 0.2) is 78.4 Å². The number of hydrogen-bond donors (Lipinski definition) is 2. The maximum atomic E-state index is 4.64. The maximum absolute atomic E-state index is 4.64. The van der Waals surface area contributed by atoms with E-state index in [4.69, 9.17) is 0 Å². The van der Waals surface area contributed by atoms with Gasteiger partial charge in [0.15, 0.2) is 0 Å². The number of benzene rings is 2. The highest BCUT2D eigenvalue weighted by atomic mass is 32.1. The van der Waals surface area contributed by atoms with Crippen LogP contribution >= 0.6 is 11.3 Å². The van der Waals surface area contributed by atoms with Crippen molar-refractivity contribution in [1.29, 1.82) is 0 Å². The molecule has 0 atom stereocenters. The molecule has 5 heteroatoms. The molecule has 2 N–H and O–H groups in total. The van der Waals surface area contributed by atoms with Gasteiger partial charge in [-0.15, -0.1) is 11.3 Å². The van der Waals surface area contributed by atoms with E-state index in [1.807, 2.05) is 18.5 Å². The van der Waals surface area contributed by atoms with Gasteiger partial charge in [0.25, 0.3) is 0 Å². The van der Waals surface area contributed by atoms with Crippen LogP contribution in [0.2, 0.25) is 0 Å². The van der Waals surface area contributed by atoms with Crippen LogP contribution in [-0.4, -0.2) is 20.2 Å². The standard InChI is InChI=1S/C25H18N4S/c1-15-9-10-26-14-20(15)16-7-8-22-19(12-16)25(29-28-22)23-13-18-17(24-6-3-11-30-24)4-2-5-21(18)27-23/h2-14,27H,1H3,(H,28,29). The van der Waals surface area contributed by atoms with E-state index < -0.39 is 0 Å². The molecule has 2 aromatic carbocycles. The van der Waals surface area contributed by atoms with Gasteiger partial charge in [0.1, 0.15) is 5.69 Å². The van der Waals surface area contributed by atoms with Gasteiger partial charge in [0.2, 0.25) is 0 Å². The van der Waals surface area contributed by atoms with Gasteiger partial charge in [-0.25, -0.2) is 0 Å². The van der Waals surface area contributed by atoms with Crippen LogP contribution in [-0.2, 0) is 0 Å². The molecule has 0 fully saturated rings. The van der Waals surface area contributed by atoms with Crippen molar-refractivity contribution in [3.63, 3.8) is 0 Å². The molecule has 0 aliphatic heterocycles. The number of rotatable bonds is 3. The van der Waals surface area contributed by atoms with Crippen molar-refractivity contribution < 1.29 is 0 Å². The second-order valence-electron chi connectivity index (χ2n) is 7.45. The first-order chi connectivity index (χ1) is 14.8. The number of hydrogen-bond acceptors (Lipinski definition) is 3.